The Morgan fingerprint density at radius 3 is 2.32 bits per heavy atom. The second kappa shape index (κ2) is 9.32. The topological polar surface area (TPSA) is 104 Å². The number of amides is 1. The number of hydrogen-bond acceptors (Lipinski definition) is 5. The van der Waals surface area contributed by atoms with Gasteiger partial charge in [0.1, 0.15) is 5.75 Å². The highest BCUT2D eigenvalue weighted by Gasteiger charge is 2.53. The number of rotatable bonds is 7. The number of benzene rings is 2. The number of sulfonamides is 1. The molecule has 2 aromatic carbocycles. The molecule has 5 rings (SSSR count). The summed E-state index contributed by atoms with van der Waals surface area (Å²) in [7, 11) is -4.12. The van der Waals surface area contributed by atoms with Gasteiger partial charge >= 0.3 is 12.3 Å². The molecule has 8 nitrogen and oxygen atoms in total. The number of aliphatic carboxylic acids is 1. The third kappa shape index (κ3) is 5.04. The molecule has 3 atom stereocenters. The summed E-state index contributed by atoms with van der Waals surface area (Å²) in [6.45, 7) is 0. The molecule has 37 heavy (non-hydrogen) atoms. The molecule has 3 aliphatic rings. The Balaban J connectivity index is 1.54. The monoisotopic (exact) mass is 538 g/mol. The minimum atomic E-state index is -4.85. The van der Waals surface area contributed by atoms with Crippen molar-refractivity contribution in [1.82, 2.24) is 4.31 Å². The highest BCUT2D eigenvalue weighted by Crippen LogP contribution is 2.53. The van der Waals surface area contributed by atoms with Gasteiger partial charge in [-0.25, -0.2) is 8.42 Å². The normalized spacial score (nSPS) is 23.5. The van der Waals surface area contributed by atoms with Crippen molar-refractivity contribution in [2.45, 2.75) is 56.6 Å². The number of alkyl halides is 3. The lowest BCUT2D eigenvalue weighted by molar-refractivity contribution is -0.274. The fourth-order valence-electron chi connectivity index (χ4n) is 5.74. The van der Waals surface area contributed by atoms with Gasteiger partial charge in [-0.2, -0.15) is 4.31 Å². The van der Waals surface area contributed by atoms with E-state index in [-0.39, 0.29) is 23.6 Å². The quantitative estimate of drug-likeness (QED) is 0.563. The summed E-state index contributed by atoms with van der Waals surface area (Å²) < 4.78 is 69.4. The van der Waals surface area contributed by atoms with Crippen LogP contribution >= 0.6 is 0 Å². The number of carbonyl (C=O) groups is 2. The maximum atomic E-state index is 13.7. The van der Waals surface area contributed by atoms with E-state index in [0.717, 1.165) is 18.6 Å². The van der Waals surface area contributed by atoms with Gasteiger partial charge in [0, 0.05) is 29.3 Å². The maximum absolute atomic E-state index is 13.7. The number of halogens is 3. The Morgan fingerprint density at radius 2 is 1.70 bits per heavy atom. The van der Waals surface area contributed by atoms with Crippen molar-refractivity contribution in [3.8, 4) is 5.75 Å². The molecule has 198 valence electrons. The Bertz CT molecular complexity index is 1310. The Morgan fingerprint density at radius 1 is 1.03 bits per heavy atom. The van der Waals surface area contributed by atoms with Crippen molar-refractivity contribution in [3.63, 3.8) is 0 Å². The molecule has 2 saturated carbocycles. The summed E-state index contributed by atoms with van der Waals surface area (Å²) in [5.41, 5.74) is 1.32. The number of hydrogen-bond donors (Lipinski definition) is 1. The number of nitrogens with zero attached hydrogens (tertiary/aromatic N) is 2. The average molecular weight is 539 g/mol. The summed E-state index contributed by atoms with van der Waals surface area (Å²) in [6, 6.07) is 10.5. The molecular formula is C25H25F3N2O6S. The van der Waals surface area contributed by atoms with Gasteiger partial charge in [-0.3, -0.25) is 9.59 Å². The van der Waals surface area contributed by atoms with E-state index in [1.165, 1.54) is 16.4 Å². The van der Waals surface area contributed by atoms with Crippen molar-refractivity contribution in [2.24, 2.45) is 5.92 Å². The van der Waals surface area contributed by atoms with Crippen LogP contribution in [0.4, 0.5) is 18.9 Å². The first-order chi connectivity index (χ1) is 17.5. The van der Waals surface area contributed by atoms with Crippen LogP contribution < -0.4 is 9.64 Å². The zero-order valence-electron chi connectivity index (χ0n) is 19.6. The minimum Gasteiger partial charge on any atom is -0.480 e. The van der Waals surface area contributed by atoms with E-state index in [1.54, 1.807) is 29.2 Å². The molecule has 0 radical (unpaired) electrons. The van der Waals surface area contributed by atoms with Crippen LogP contribution in [0.25, 0.3) is 0 Å². The van der Waals surface area contributed by atoms with Crippen LogP contribution in [0.1, 0.15) is 54.1 Å². The fraction of sp³-hybridized carbons (Fsp3) is 0.440. The minimum absolute atomic E-state index is 0.172. The van der Waals surface area contributed by atoms with Crippen LogP contribution in [-0.4, -0.2) is 53.9 Å². The number of fused-ring (bicyclic) bond motifs is 2. The fourth-order valence-corrected chi connectivity index (χ4v) is 7.48. The van der Waals surface area contributed by atoms with Gasteiger partial charge < -0.3 is 14.7 Å². The summed E-state index contributed by atoms with van der Waals surface area (Å²) in [5, 5.41) is 9.27. The predicted molar refractivity (Wildman–Crippen MR) is 127 cm³/mol. The molecule has 0 bridgehead atoms. The second-order valence-corrected chi connectivity index (χ2v) is 11.5. The van der Waals surface area contributed by atoms with Crippen molar-refractivity contribution < 1.29 is 41.0 Å². The molecule has 1 N–H and O–H groups in total. The molecule has 0 saturated heterocycles. The van der Waals surface area contributed by atoms with Gasteiger partial charge in [-0.1, -0.05) is 24.6 Å². The molecule has 1 heterocycles. The third-order valence-electron chi connectivity index (χ3n) is 7.15. The smallest absolute Gasteiger partial charge is 0.480 e. The number of carbonyl (C=O) groups excluding carboxylic acids is 1. The van der Waals surface area contributed by atoms with E-state index in [1.807, 2.05) is 0 Å². The second-order valence-electron chi connectivity index (χ2n) is 9.62. The molecule has 1 aliphatic heterocycles. The van der Waals surface area contributed by atoms with Gasteiger partial charge in [-0.05, 0) is 61.6 Å². The van der Waals surface area contributed by atoms with Crippen LogP contribution in [0.3, 0.4) is 0 Å². The van der Waals surface area contributed by atoms with Gasteiger partial charge in [-0.15, -0.1) is 13.2 Å². The zero-order chi connectivity index (χ0) is 26.5. The number of anilines is 1. The summed E-state index contributed by atoms with van der Waals surface area (Å²) in [6.07, 6.45) is -1.54. The molecule has 2 aromatic rings. The number of para-hydroxylation sites is 1. The van der Waals surface area contributed by atoms with Crippen LogP contribution in [0, 0.1) is 5.92 Å². The van der Waals surface area contributed by atoms with Crippen LogP contribution in [0.5, 0.6) is 5.75 Å². The lowest BCUT2D eigenvalue weighted by atomic mass is 9.82. The van der Waals surface area contributed by atoms with Crippen molar-refractivity contribution in [2.75, 3.05) is 10.7 Å². The standard InChI is InChI=1S/C25H25F3N2O6S/c26-25(27,28)36-17-12-8-15(9-13-17)24(33)29-20-6-2-1-4-18(20)23(19-5-3-7-21(19)29)30(16-10-11-16)37(34,35)14-22(31)32/h1-2,4,6,8-9,12-13,16,19,21,23H,3,5,7,10-11,14H2,(H,31,32)/t19-,21+,23-/m0/s1. The van der Waals surface area contributed by atoms with Crippen LogP contribution in [-0.2, 0) is 14.8 Å². The largest absolute Gasteiger partial charge is 0.573 e. The predicted octanol–water partition coefficient (Wildman–Crippen LogP) is 4.33. The van der Waals surface area contributed by atoms with Crippen molar-refractivity contribution in [3.05, 3.63) is 59.7 Å². The highest BCUT2D eigenvalue weighted by molar-refractivity contribution is 7.89. The van der Waals surface area contributed by atoms with E-state index < -0.39 is 45.8 Å². The lowest BCUT2D eigenvalue weighted by Gasteiger charge is -2.47. The first-order valence-electron chi connectivity index (χ1n) is 12.0. The summed E-state index contributed by atoms with van der Waals surface area (Å²) in [5.74, 6) is -3.53. The summed E-state index contributed by atoms with van der Waals surface area (Å²) >= 11 is 0. The molecule has 2 aliphatic carbocycles. The van der Waals surface area contributed by atoms with E-state index >= 15 is 0 Å². The van der Waals surface area contributed by atoms with E-state index in [2.05, 4.69) is 4.74 Å². The van der Waals surface area contributed by atoms with Gasteiger partial charge in [0.25, 0.3) is 5.91 Å². The van der Waals surface area contributed by atoms with Gasteiger partial charge in [0.05, 0.1) is 6.04 Å². The molecule has 0 spiro atoms. The number of ether oxygens (including phenoxy) is 1. The molecule has 2 fully saturated rings. The van der Waals surface area contributed by atoms with Gasteiger partial charge in [0.2, 0.25) is 10.0 Å². The first-order valence-corrected chi connectivity index (χ1v) is 13.6. The Kier molecular flexibility index (Phi) is 6.43. The Labute approximate surface area is 211 Å². The van der Waals surface area contributed by atoms with Crippen molar-refractivity contribution >= 4 is 27.6 Å². The molecule has 0 unspecified atom stereocenters. The number of carboxylic acid groups (broad SMARTS) is 1. The zero-order valence-corrected chi connectivity index (χ0v) is 20.4. The number of carboxylic acids is 1. The van der Waals surface area contributed by atoms with E-state index in [0.29, 0.717) is 36.9 Å². The lowest BCUT2D eigenvalue weighted by Crippen LogP contribution is -2.53. The summed E-state index contributed by atoms with van der Waals surface area (Å²) in [4.78, 5) is 26.7. The van der Waals surface area contributed by atoms with E-state index in [9.17, 15) is 36.3 Å². The van der Waals surface area contributed by atoms with Crippen molar-refractivity contribution in [1.29, 1.82) is 0 Å². The molecule has 12 heteroatoms. The third-order valence-corrected chi connectivity index (χ3v) is 8.92. The van der Waals surface area contributed by atoms with Gasteiger partial charge in [0.15, 0.2) is 5.75 Å². The van der Waals surface area contributed by atoms with Crippen LogP contribution in [0.2, 0.25) is 0 Å². The highest BCUT2D eigenvalue weighted by atomic mass is 32.2. The average Bonchev–Trinajstić information content (AvgIpc) is 3.52. The Hall–Kier alpha value is -3.12. The maximum Gasteiger partial charge on any atom is 0.573 e. The molecule has 1 amide bonds. The van der Waals surface area contributed by atoms with E-state index in [4.69, 9.17) is 0 Å². The SMILES string of the molecule is O=C(O)CS(=O)(=O)N(C1CC1)[C@H]1c2ccccc2N(C(=O)c2ccc(OC(F)(F)F)cc2)[C@@H]2CCC[C@@H]21. The molecule has 0 aromatic heterocycles. The first kappa shape index (κ1) is 25.5. The molecular weight excluding hydrogens is 513 g/mol. The van der Waals surface area contributed by atoms with Crippen LogP contribution in [0.15, 0.2) is 48.5 Å².